The highest BCUT2D eigenvalue weighted by molar-refractivity contribution is 14.0. The summed E-state index contributed by atoms with van der Waals surface area (Å²) in [4.78, 5) is 6.16. The molecule has 3 rings (SSSR count). The Morgan fingerprint density at radius 1 is 1.23 bits per heavy atom. The van der Waals surface area contributed by atoms with Crippen molar-refractivity contribution in [2.24, 2.45) is 4.99 Å². The third-order valence-electron chi connectivity index (χ3n) is 3.91. The summed E-state index contributed by atoms with van der Waals surface area (Å²) in [6.07, 6.45) is 0. The minimum absolute atomic E-state index is 0. The Labute approximate surface area is 168 Å². The Kier molecular flexibility index (Phi) is 6.84. The Bertz CT molecular complexity index is 878. The fraction of sp³-hybridized carbons (Fsp3) is 0.211. The number of furan rings is 1. The zero-order chi connectivity index (χ0) is 17.8. The van der Waals surface area contributed by atoms with Gasteiger partial charge in [0.2, 0.25) is 0 Å². The predicted molar refractivity (Wildman–Crippen MR) is 111 cm³/mol. The highest BCUT2D eigenvalue weighted by Gasteiger charge is 2.11. The number of hydrogen-bond acceptors (Lipinski definition) is 3. The molecule has 0 spiro atoms. The summed E-state index contributed by atoms with van der Waals surface area (Å²) in [5, 5.41) is 13.5. The van der Waals surface area contributed by atoms with Crippen LogP contribution < -0.4 is 5.32 Å². The van der Waals surface area contributed by atoms with Crippen molar-refractivity contribution in [2.45, 2.75) is 13.1 Å². The van der Waals surface area contributed by atoms with E-state index in [1.54, 1.807) is 13.1 Å². The molecule has 0 saturated carbocycles. The van der Waals surface area contributed by atoms with E-state index < -0.39 is 5.82 Å². The van der Waals surface area contributed by atoms with E-state index in [-0.39, 0.29) is 29.7 Å². The molecule has 2 N–H and O–H groups in total. The van der Waals surface area contributed by atoms with E-state index in [4.69, 9.17) is 4.42 Å². The van der Waals surface area contributed by atoms with Gasteiger partial charge >= 0.3 is 0 Å². The maximum atomic E-state index is 13.4. The van der Waals surface area contributed by atoms with Gasteiger partial charge in [0.05, 0.1) is 6.54 Å². The first-order chi connectivity index (χ1) is 12.1. The molecule has 0 unspecified atom stereocenters. The molecule has 0 aliphatic heterocycles. The van der Waals surface area contributed by atoms with Crippen LogP contribution in [-0.4, -0.2) is 30.1 Å². The van der Waals surface area contributed by atoms with Gasteiger partial charge in [-0.15, -0.1) is 24.0 Å². The number of para-hydroxylation sites is 1. The maximum Gasteiger partial charge on any atom is 0.194 e. The summed E-state index contributed by atoms with van der Waals surface area (Å²) < 4.78 is 19.2. The Balaban J connectivity index is 0.00000243. The number of fused-ring (bicyclic) bond motifs is 1. The van der Waals surface area contributed by atoms with Crippen molar-refractivity contribution < 1.29 is 13.9 Å². The molecule has 0 radical (unpaired) electrons. The second kappa shape index (κ2) is 8.88. The quantitative estimate of drug-likeness (QED) is 0.343. The Morgan fingerprint density at radius 3 is 2.69 bits per heavy atom. The molecule has 0 fully saturated rings. The number of benzene rings is 2. The topological polar surface area (TPSA) is 61.0 Å². The van der Waals surface area contributed by atoms with Crippen molar-refractivity contribution in [2.75, 3.05) is 14.1 Å². The first-order valence-corrected chi connectivity index (χ1v) is 7.93. The second-order valence-corrected chi connectivity index (χ2v) is 5.79. The van der Waals surface area contributed by atoms with Crippen molar-refractivity contribution in [1.82, 2.24) is 10.2 Å². The van der Waals surface area contributed by atoms with Crippen LogP contribution in [0.1, 0.15) is 11.3 Å². The van der Waals surface area contributed by atoms with Gasteiger partial charge in [0.1, 0.15) is 11.3 Å². The smallest absolute Gasteiger partial charge is 0.194 e. The van der Waals surface area contributed by atoms with Gasteiger partial charge in [-0.05, 0) is 29.8 Å². The van der Waals surface area contributed by atoms with Crippen LogP contribution in [0.5, 0.6) is 5.75 Å². The molecule has 5 nitrogen and oxygen atoms in total. The van der Waals surface area contributed by atoms with E-state index in [2.05, 4.69) is 10.3 Å². The number of phenols is 1. The number of halogens is 2. The predicted octanol–water partition coefficient (Wildman–Crippen LogP) is 4.10. The number of rotatable bonds is 4. The summed E-state index contributed by atoms with van der Waals surface area (Å²) >= 11 is 0. The summed E-state index contributed by atoms with van der Waals surface area (Å²) in [6, 6.07) is 14.2. The van der Waals surface area contributed by atoms with E-state index in [1.807, 2.05) is 42.3 Å². The minimum atomic E-state index is -0.634. The Hall–Kier alpha value is -2.29. The number of phenolic OH excluding ortho intramolecular Hbond substituents is 1. The summed E-state index contributed by atoms with van der Waals surface area (Å²) in [5.74, 6) is 0.510. The molecule has 1 heterocycles. The molecule has 0 amide bonds. The molecular weight excluding hydrogens is 448 g/mol. The number of aromatic hydroxyl groups is 1. The fourth-order valence-electron chi connectivity index (χ4n) is 2.65. The lowest BCUT2D eigenvalue weighted by atomic mass is 10.2. The lowest BCUT2D eigenvalue weighted by Crippen LogP contribution is -2.37. The van der Waals surface area contributed by atoms with E-state index in [0.717, 1.165) is 16.7 Å². The second-order valence-electron chi connectivity index (χ2n) is 5.79. The molecule has 0 saturated heterocycles. The van der Waals surface area contributed by atoms with Crippen molar-refractivity contribution in [3.8, 4) is 5.75 Å². The average Bonchev–Trinajstić information content (AvgIpc) is 3.00. The summed E-state index contributed by atoms with van der Waals surface area (Å²) in [7, 11) is 3.59. The van der Waals surface area contributed by atoms with Crippen LogP contribution in [0.3, 0.4) is 0 Å². The molecule has 3 aromatic rings. The van der Waals surface area contributed by atoms with E-state index in [1.165, 1.54) is 12.1 Å². The number of aliphatic imine (C=N–C) groups is 1. The molecule has 7 heteroatoms. The van der Waals surface area contributed by atoms with Crippen molar-refractivity contribution in [3.63, 3.8) is 0 Å². The van der Waals surface area contributed by atoms with Crippen molar-refractivity contribution in [1.29, 1.82) is 0 Å². The van der Waals surface area contributed by atoms with Crippen LogP contribution in [0.2, 0.25) is 0 Å². The first kappa shape index (κ1) is 20.0. The van der Waals surface area contributed by atoms with Crippen LogP contribution in [0, 0.1) is 5.82 Å². The number of nitrogens with zero attached hydrogens (tertiary/aromatic N) is 2. The largest absolute Gasteiger partial charge is 0.505 e. The molecule has 0 aliphatic rings. The normalized spacial score (nSPS) is 11.3. The highest BCUT2D eigenvalue weighted by atomic mass is 127. The van der Waals surface area contributed by atoms with Gasteiger partial charge in [-0.25, -0.2) is 4.39 Å². The van der Waals surface area contributed by atoms with E-state index in [0.29, 0.717) is 24.6 Å². The average molecular weight is 469 g/mol. The number of guanidine groups is 1. The van der Waals surface area contributed by atoms with Gasteiger partial charge < -0.3 is 19.7 Å². The van der Waals surface area contributed by atoms with Crippen LogP contribution in [0.15, 0.2) is 57.9 Å². The van der Waals surface area contributed by atoms with E-state index >= 15 is 0 Å². The zero-order valence-corrected chi connectivity index (χ0v) is 16.9. The molecular formula is C19H21FIN3O2. The Morgan fingerprint density at radius 2 is 2.00 bits per heavy atom. The van der Waals surface area contributed by atoms with Crippen LogP contribution >= 0.6 is 24.0 Å². The van der Waals surface area contributed by atoms with Gasteiger partial charge in [-0.3, -0.25) is 4.99 Å². The molecule has 1 aromatic heterocycles. The maximum absolute atomic E-state index is 13.4. The molecule has 26 heavy (non-hydrogen) atoms. The molecule has 138 valence electrons. The van der Waals surface area contributed by atoms with E-state index in [9.17, 15) is 9.50 Å². The third kappa shape index (κ3) is 4.66. The summed E-state index contributed by atoms with van der Waals surface area (Å²) in [6.45, 7) is 0.951. The number of hydrogen-bond donors (Lipinski definition) is 2. The lowest BCUT2D eigenvalue weighted by molar-refractivity contribution is 0.412. The summed E-state index contributed by atoms with van der Waals surface area (Å²) in [5.41, 5.74) is 1.57. The number of nitrogens with one attached hydrogen (secondary N) is 1. The molecule has 2 aromatic carbocycles. The third-order valence-corrected chi connectivity index (χ3v) is 3.91. The van der Waals surface area contributed by atoms with Crippen molar-refractivity contribution in [3.05, 3.63) is 65.7 Å². The SMILES string of the molecule is CN=C(NCc1ccc(O)c(F)c1)N(C)Cc1cc2ccccc2o1.I. The van der Waals surface area contributed by atoms with Crippen LogP contribution in [-0.2, 0) is 13.1 Å². The van der Waals surface area contributed by atoms with Gasteiger partial charge in [-0.2, -0.15) is 0 Å². The monoisotopic (exact) mass is 469 g/mol. The first-order valence-electron chi connectivity index (χ1n) is 7.93. The van der Waals surface area contributed by atoms with Crippen LogP contribution in [0.25, 0.3) is 11.0 Å². The van der Waals surface area contributed by atoms with Crippen molar-refractivity contribution >= 4 is 40.9 Å². The highest BCUT2D eigenvalue weighted by Crippen LogP contribution is 2.20. The fourth-order valence-corrected chi connectivity index (χ4v) is 2.65. The minimum Gasteiger partial charge on any atom is -0.505 e. The molecule has 0 bridgehead atoms. The van der Waals surface area contributed by atoms with Gasteiger partial charge in [-0.1, -0.05) is 24.3 Å². The van der Waals surface area contributed by atoms with Gasteiger partial charge in [0, 0.05) is 26.0 Å². The van der Waals surface area contributed by atoms with Crippen LogP contribution in [0.4, 0.5) is 4.39 Å². The molecule has 0 aliphatic carbocycles. The zero-order valence-electron chi connectivity index (χ0n) is 14.6. The standard InChI is InChI=1S/C19H20FN3O2.HI/c1-21-19(22-11-13-7-8-17(24)16(20)9-13)23(2)12-15-10-14-5-3-4-6-18(14)25-15;/h3-10,24H,11-12H2,1-2H3,(H,21,22);1H. The molecule has 0 atom stereocenters. The lowest BCUT2D eigenvalue weighted by Gasteiger charge is -2.21. The van der Waals surface area contributed by atoms with Gasteiger partial charge in [0.25, 0.3) is 0 Å². The van der Waals surface area contributed by atoms with Gasteiger partial charge in [0.15, 0.2) is 17.5 Å².